The van der Waals surface area contributed by atoms with E-state index in [9.17, 15) is 4.79 Å². The Bertz CT molecular complexity index is 974. The fourth-order valence-corrected chi connectivity index (χ4v) is 3.84. The van der Waals surface area contributed by atoms with Gasteiger partial charge in [-0.25, -0.2) is 9.78 Å². The number of benzene rings is 2. The molecule has 1 fully saturated rings. The zero-order valence-corrected chi connectivity index (χ0v) is 16.3. The highest BCUT2D eigenvalue weighted by molar-refractivity contribution is 5.91. The number of oxazole rings is 1. The van der Waals surface area contributed by atoms with Gasteiger partial charge in [0.25, 0.3) is 0 Å². The van der Waals surface area contributed by atoms with Crippen LogP contribution in [0.3, 0.4) is 0 Å². The first-order valence-corrected chi connectivity index (χ1v) is 9.67. The molecule has 0 bridgehead atoms. The van der Waals surface area contributed by atoms with Crippen molar-refractivity contribution in [2.24, 2.45) is 5.92 Å². The Morgan fingerprint density at radius 3 is 2.82 bits per heavy atom. The van der Waals surface area contributed by atoms with Crippen molar-refractivity contribution in [1.82, 2.24) is 9.88 Å². The van der Waals surface area contributed by atoms with E-state index in [1.807, 2.05) is 48.2 Å². The van der Waals surface area contributed by atoms with Gasteiger partial charge >= 0.3 is 6.03 Å². The molecule has 28 heavy (non-hydrogen) atoms. The predicted octanol–water partition coefficient (Wildman–Crippen LogP) is 4.63. The predicted molar refractivity (Wildman–Crippen MR) is 109 cm³/mol. The van der Waals surface area contributed by atoms with Crippen molar-refractivity contribution in [1.29, 1.82) is 0 Å². The Balaban J connectivity index is 1.33. The minimum atomic E-state index is -0.0636. The molecule has 3 aromatic rings. The summed E-state index contributed by atoms with van der Waals surface area (Å²) in [5, 5.41) is 2.98. The molecule has 0 unspecified atom stereocenters. The summed E-state index contributed by atoms with van der Waals surface area (Å²) in [4.78, 5) is 18.8. The molecule has 0 radical (unpaired) electrons. The molecule has 1 aromatic heterocycles. The maximum absolute atomic E-state index is 12.6. The second-order valence-corrected chi connectivity index (χ2v) is 7.29. The smallest absolute Gasteiger partial charge is 0.321 e. The average Bonchev–Trinajstić information content (AvgIpc) is 3.08. The maximum atomic E-state index is 12.6. The number of nitrogens with one attached hydrogen (secondary N) is 1. The number of methoxy groups -OCH3 is 1. The number of fused-ring (bicyclic) bond motifs is 1. The number of carbonyl (C=O) groups excluding carboxylic acids is 1. The number of piperidine rings is 1. The summed E-state index contributed by atoms with van der Waals surface area (Å²) in [6.45, 7) is 3.33. The van der Waals surface area contributed by atoms with Gasteiger partial charge in [0.05, 0.1) is 7.11 Å². The molecule has 0 aliphatic carbocycles. The lowest BCUT2D eigenvalue weighted by atomic mass is 9.90. The number of hydrogen-bond donors (Lipinski definition) is 1. The van der Waals surface area contributed by atoms with Crippen LogP contribution in [0.5, 0.6) is 5.75 Å². The normalized spacial score (nSPS) is 15.0. The lowest BCUT2D eigenvalue weighted by Gasteiger charge is -2.32. The molecule has 0 spiro atoms. The third-order valence-electron chi connectivity index (χ3n) is 5.35. The zero-order chi connectivity index (χ0) is 19.5. The first-order valence-electron chi connectivity index (χ1n) is 9.67. The molecule has 0 saturated carbocycles. The van der Waals surface area contributed by atoms with E-state index < -0.39 is 0 Å². The van der Waals surface area contributed by atoms with Gasteiger partial charge in [0, 0.05) is 31.8 Å². The van der Waals surface area contributed by atoms with Gasteiger partial charge in [-0.1, -0.05) is 18.2 Å². The summed E-state index contributed by atoms with van der Waals surface area (Å²) in [5.74, 6) is 2.13. The van der Waals surface area contributed by atoms with Crippen LogP contribution in [-0.2, 0) is 6.42 Å². The third kappa shape index (κ3) is 3.96. The number of hydrogen-bond acceptors (Lipinski definition) is 4. The molecule has 146 valence electrons. The van der Waals surface area contributed by atoms with E-state index in [0.29, 0.717) is 17.4 Å². The Morgan fingerprint density at radius 1 is 1.25 bits per heavy atom. The lowest BCUT2D eigenvalue weighted by molar-refractivity contribution is 0.182. The van der Waals surface area contributed by atoms with Gasteiger partial charge in [-0.15, -0.1) is 0 Å². The van der Waals surface area contributed by atoms with E-state index in [1.54, 1.807) is 7.11 Å². The summed E-state index contributed by atoms with van der Waals surface area (Å²) in [6, 6.07) is 13.6. The van der Waals surface area contributed by atoms with Gasteiger partial charge in [0.2, 0.25) is 0 Å². The fraction of sp³-hybridized carbons (Fsp3) is 0.364. The second-order valence-electron chi connectivity index (χ2n) is 7.29. The highest BCUT2D eigenvalue weighted by atomic mass is 16.5. The number of urea groups is 1. The van der Waals surface area contributed by atoms with Crippen LogP contribution < -0.4 is 10.1 Å². The molecule has 1 N–H and O–H groups in total. The molecule has 4 rings (SSSR count). The molecular formula is C22H25N3O3. The molecule has 1 saturated heterocycles. The van der Waals surface area contributed by atoms with Gasteiger partial charge in [-0.3, -0.25) is 0 Å². The lowest BCUT2D eigenvalue weighted by Crippen LogP contribution is -2.41. The summed E-state index contributed by atoms with van der Waals surface area (Å²) in [6.07, 6.45) is 2.97. The van der Waals surface area contributed by atoms with Crippen molar-refractivity contribution in [3.63, 3.8) is 0 Å². The van der Waals surface area contributed by atoms with Crippen molar-refractivity contribution in [2.75, 3.05) is 25.5 Å². The van der Waals surface area contributed by atoms with Gasteiger partial charge in [0.15, 0.2) is 11.5 Å². The second kappa shape index (κ2) is 7.92. The van der Waals surface area contributed by atoms with Gasteiger partial charge < -0.3 is 19.4 Å². The van der Waals surface area contributed by atoms with E-state index in [0.717, 1.165) is 49.3 Å². The van der Waals surface area contributed by atoms with Gasteiger partial charge in [-0.2, -0.15) is 0 Å². The topological polar surface area (TPSA) is 67.6 Å². The SMILES string of the molecule is COc1ccccc1CC1CCN(C(=O)Nc2ccc3nc(C)oc3c2)CC1. The van der Waals surface area contributed by atoms with Gasteiger partial charge in [-0.05, 0) is 48.9 Å². The van der Waals surface area contributed by atoms with Crippen molar-refractivity contribution in [3.05, 3.63) is 53.9 Å². The highest BCUT2D eigenvalue weighted by Gasteiger charge is 2.24. The van der Waals surface area contributed by atoms with Crippen LogP contribution in [-0.4, -0.2) is 36.1 Å². The van der Waals surface area contributed by atoms with Crippen LogP contribution in [0.1, 0.15) is 24.3 Å². The Labute approximate surface area is 164 Å². The van der Waals surface area contributed by atoms with E-state index in [2.05, 4.69) is 16.4 Å². The molecule has 1 aliphatic rings. The van der Waals surface area contributed by atoms with Crippen LogP contribution >= 0.6 is 0 Å². The van der Waals surface area contributed by atoms with Crippen LogP contribution in [0.15, 0.2) is 46.9 Å². The number of likely N-dealkylation sites (tertiary alicyclic amines) is 1. The van der Waals surface area contributed by atoms with Crippen molar-refractivity contribution >= 4 is 22.8 Å². The molecule has 6 nitrogen and oxygen atoms in total. The van der Waals surface area contributed by atoms with Crippen LogP contribution in [0.4, 0.5) is 10.5 Å². The number of anilines is 1. The highest BCUT2D eigenvalue weighted by Crippen LogP contribution is 2.27. The van der Waals surface area contributed by atoms with E-state index in [1.165, 1.54) is 5.56 Å². The van der Waals surface area contributed by atoms with Gasteiger partial charge in [0.1, 0.15) is 11.3 Å². The monoisotopic (exact) mass is 379 g/mol. The summed E-state index contributed by atoms with van der Waals surface area (Å²) < 4.78 is 11.0. The van der Waals surface area contributed by atoms with Crippen molar-refractivity contribution in [2.45, 2.75) is 26.2 Å². The number of ether oxygens (including phenoxy) is 1. The average molecular weight is 379 g/mol. The molecule has 2 amide bonds. The summed E-state index contributed by atoms with van der Waals surface area (Å²) in [5.41, 5.74) is 3.45. The molecule has 6 heteroatoms. The number of aromatic nitrogens is 1. The minimum Gasteiger partial charge on any atom is -0.496 e. The van der Waals surface area contributed by atoms with Crippen LogP contribution in [0.25, 0.3) is 11.1 Å². The first kappa shape index (κ1) is 18.3. The van der Waals surface area contributed by atoms with E-state index >= 15 is 0 Å². The Morgan fingerprint density at radius 2 is 2.04 bits per heavy atom. The number of amides is 2. The summed E-state index contributed by atoms with van der Waals surface area (Å²) in [7, 11) is 1.71. The fourth-order valence-electron chi connectivity index (χ4n) is 3.84. The number of para-hydroxylation sites is 1. The number of carbonyl (C=O) groups is 1. The Kier molecular flexibility index (Phi) is 5.19. The quantitative estimate of drug-likeness (QED) is 0.718. The number of nitrogens with zero attached hydrogens (tertiary/aromatic N) is 2. The van der Waals surface area contributed by atoms with Crippen molar-refractivity contribution < 1.29 is 13.9 Å². The minimum absolute atomic E-state index is 0.0636. The molecular weight excluding hydrogens is 354 g/mol. The van der Waals surface area contributed by atoms with E-state index in [-0.39, 0.29) is 6.03 Å². The standard InChI is InChI=1S/C22H25N3O3/c1-15-23-19-8-7-18(14-21(19)28-15)24-22(26)25-11-9-16(10-12-25)13-17-5-3-4-6-20(17)27-2/h3-8,14,16H,9-13H2,1-2H3,(H,24,26). The van der Waals surface area contributed by atoms with Crippen LogP contribution in [0.2, 0.25) is 0 Å². The maximum Gasteiger partial charge on any atom is 0.321 e. The zero-order valence-electron chi connectivity index (χ0n) is 16.3. The first-order chi connectivity index (χ1) is 13.6. The molecule has 0 atom stereocenters. The molecule has 1 aliphatic heterocycles. The number of aryl methyl sites for hydroxylation is 1. The van der Waals surface area contributed by atoms with E-state index in [4.69, 9.17) is 9.15 Å². The Hall–Kier alpha value is -3.02. The third-order valence-corrected chi connectivity index (χ3v) is 5.35. The van der Waals surface area contributed by atoms with Crippen molar-refractivity contribution in [3.8, 4) is 5.75 Å². The van der Waals surface area contributed by atoms with Crippen LogP contribution in [0, 0.1) is 12.8 Å². The largest absolute Gasteiger partial charge is 0.496 e. The summed E-state index contributed by atoms with van der Waals surface area (Å²) >= 11 is 0. The molecule has 2 heterocycles. The molecule has 2 aromatic carbocycles. The number of rotatable bonds is 4.